The Morgan fingerprint density at radius 3 is 2.05 bits per heavy atom. The lowest BCUT2D eigenvalue weighted by atomic mass is 9.43. The number of fused-ring (bicyclic) bond motifs is 7. The summed E-state index contributed by atoms with van der Waals surface area (Å²) in [5.74, 6) is -0.540. The quantitative estimate of drug-likeness (QED) is 0.113. The maximum atomic E-state index is 12.1. The smallest absolute Gasteiger partial charge is 0.187 e. The van der Waals surface area contributed by atoms with E-state index in [0.717, 1.165) is 32.1 Å². The van der Waals surface area contributed by atoms with Crippen LogP contribution >= 0.6 is 0 Å². The Kier molecular flexibility index (Phi) is 14.0. The van der Waals surface area contributed by atoms with Crippen LogP contribution in [0.5, 0.6) is 0 Å². The zero-order valence-corrected chi connectivity index (χ0v) is 37.1. The van der Waals surface area contributed by atoms with Crippen molar-refractivity contribution in [2.24, 2.45) is 46.3 Å². The van der Waals surface area contributed by atoms with E-state index in [1.807, 2.05) is 0 Å². The van der Waals surface area contributed by atoms with Crippen molar-refractivity contribution in [3.05, 3.63) is 12.2 Å². The van der Waals surface area contributed by atoms with Crippen LogP contribution in [0.4, 0.5) is 0 Å². The molecular formula is C45H74O18. The minimum absolute atomic E-state index is 0.0427. The fourth-order valence-electron chi connectivity index (χ4n) is 14.0. The second-order valence-electron chi connectivity index (χ2n) is 21.1. The van der Waals surface area contributed by atoms with Crippen LogP contribution in [-0.4, -0.2) is 186 Å². The van der Waals surface area contributed by atoms with Gasteiger partial charge in [-0.2, -0.15) is 0 Å². The Morgan fingerprint density at radius 1 is 0.698 bits per heavy atom. The highest BCUT2D eigenvalue weighted by Crippen LogP contribution is 2.71. The Bertz CT molecular complexity index is 1610. The average Bonchev–Trinajstić information content (AvgIpc) is 3.68. The first-order valence-corrected chi connectivity index (χ1v) is 23.3. The second kappa shape index (κ2) is 18.2. The molecule has 0 amide bonds. The molecule has 4 heterocycles. The van der Waals surface area contributed by atoms with E-state index in [0.29, 0.717) is 36.7 Å². The van der Waals surface area contributed by atoms with Crippen molar-refractivity contribution in [2.45, 2.75) is 209 Å². The molecule has 0 spiro atoms. The molecule has 0 aromatic heterocycles. The maximum Gasteiger partial charge on any atom is 0.187 e. The summed E-state index contributed by atoms with van der Waals surface area (Å²) in [5, 5.41) is 117. The number of ether oxygens (including phenoxy) is 7. The topological polar surface area (TPSA) is 287 Å². The molecule has 4 aliphatic carbocycles. The lowest BCUT2D eigenvalue weighted by molar-refractivity contribution is -0.375. The van der Waals surface area contributed by atoms with Gasteiger partial charge in [0.25, 0.3) is 0 Å². The summed E-state index contributed by atoms with van der Waals surface area (Å²) < 4.78 is 42.7. The van der Waals surface area contributed by atoms with E-state index in [4.69, 9.17) is 33.2 Å². The van der Waals surface area contributed by atoms with E-state index >= 15 is 0 Å². The molecule has 11 N–H and O–H groups in total. The maximum absolute atomic E-state index is 12.1. The molecular weight excluding hydrogens is 828 g/mol. The van der Waals surface area contributed by atoms with E-state index in [2.05, 4.69) is 27.4 Å². The minimum atomic E-state index is -1.66. The summed E-state index contributed by atoms with van der Waals surface area (Å²) in [5.41, 5.74) is 0.0754. The molecule has 8 aliphatic rings. The monoisotopic (exact) mass is 902 g/mol. The normalized spacial score (nSPS) is 56.9. The Balaban J connectivity index is 0.941. The number of hydrogen-bond acceptors (Lipinski definition) is 18. The first-order chi connectivity index (χ1) is 29.6. The van der Waals surface area contributed by atoms with E-state index in [-0.39, 0.29) is 48.2 Å². The van der Waals surface area contributed by atoms with Gasteiger partial charge in [-0.15, -0.1) is 0 Å². The van der Waals surface area contributed by atoms with Crippen molar-refractivity contribution in [3.63, 3.8) is 0 Å². The largest absolute Gasteiger partial charge is 0.394 e. The lowest BCUT2D eigenvalue weighted by Crippen LogP contribution is -2.65. The van der Waals surface area contributed by atoms with Gasteiger partial charge in [-0.1, -0.05) is 32.9 Å². The highest BCUT2D eigenvalue weighted by atomic mass is 16.8. The highest BCUT2D eigenvalue weighted by Gasteiger charge is 2.69. The van der Waals surface area contributed by atoms with Crippen LogP contribution in [-0.2, 0) is 33.2 Å². The predicted octanol–water partition coefficient (Wildman–Crippen LogP) is -0.833. The zero-order valence-electron chi connectivity index (χ0n) is 37.1. The van der Waals surface area contributed by atoms with Gasteiger partial charge in [0.15, 0.2) is 24.7 Å². The van der Waals surface area contributed by atoms with Gasteiger partial charge in [0.2, 0.25) is 0 Å². The first-order valence-electron chi connectivity index (χ1n) is 23.3. The SMILES string of the molecule is C=C(CCC1(O)O[C@H]2C[C@H]3[C@@H]4CCC5C[C@@H](O)C[C@@H](O[C@@H]6O[C@H](C)[C@H](O)[C@H](O)[C@H]6O[C@@H]6O[C@@H](C)[C@H](O)[C@@H](O)[C@H]6O)[C@]5(C)[C@H]4CC[C@]3(C)[C@H]2[C@@H]1C)CO[C@@H]1O[C@H](CO)[C@@H](O)[C@H](O)[C@H]1O. The molecule has 18 nitrogen and oxygen atoms in total. The summed E-state index contributed by atoms with van der Waals surface area (Å²) in [7, 11) is 0. The third kappa shape index (κ3) is 8.30. The molecule has 27 atom stereocenters. The molecule has 8 fully saturated rings. The molecule has 0 radical (unpaired) electrons. The van der Waals surface area contributed by atoms with Crippen LogP contribution < -0.4 is 0 Å². The first kappa shape index (κ1) is 48.5. The summed E-state index contributed by atoms with van der Waals surface area (Å²) in [6, 6.07) is 0. The van der Waals surface area contributed by atoms with Crippen molar-refractivity contribution in [3.8, 4) is 0 Å². The molecule has 63 heavy (non-hydrogen) atoms. The van der Waals surface area contributed by atoms with Gasteiger partial charge in [0.05, 0.1) is 43.7 Å². The molecule has 0 aromatic carbocycles. The number of hydrogen-bond donors (Lipinski definition) is 11. The molecule has 0 aromatic rings. The van der Waals surface area contributed by atoms with Crippen molar-refractivity contribution >= 4 is 0 Å². The molecule has 8 rings (SSSR count). The Hall–Kier alpha value is -0.980. The molecule has 362 valence electrons. The van der Waals surface area contributed by atoms with Gasteiger partial charge in [0.1, 0.15) is 61.0 Å². The fourth-order valence-corrected chi connectivity index (χ4v) is 14.0. The second-order valence-corrected chi connectivity index (χ2v) is 21.1. The van der Waals surface area contributed by atoms with Crippen LogP contribution in [0.15, 0.2) is 12.2 Å². The van der Waals surface area contributed by atoms with Gasteiger partial charge < -0.3 is 89.3 Å². The van der Waals surface area contributed by atoms with E-state index in [1.165, 1.54) is 6.92 Å². The average molecular weight is 903 g/mol. The Labute approximate surface area is 369 Å². The van der Waals surface area contributed by atoms with Crippen LogP contribution in [0.1, 0.15) is 92.4 Å². The fraction of sp³-hybridized carbons (Fsp3) is 0.956. The summed E-state index contributed by atoms with van der Waals surface area (Å²) in [6.07, 6.45) is -15.5. The summed E-state index contributed by atoms with van der Waals surface area (Å²) in [4.78, 5) is 0. The van der Waals surface area contributed by atoms with Gasteiger partial charge in [0, 0.05) is 18.8 Å². The highest BCUT2D eigenvalue weighted by molar-refractivity contribution is 5.16. The summed E-state index contributed by atoms with van der Waals surface area (Å²) in [6.45, 7) is 13.3. The van der Waals surface area contributed by atoms with Gasteiger partial charge >= 0.3 is 0 Å². The lowest BCUT2D eigenvalue weighted by Gasteiger charge is -2.63. The van der Waals surface area contributed by atoms with E-state index in [9.17, 15) is 56.2 Å². The number of rotatable bonds is 11. The van der Waals surface area contributed by atoms with E-state index < -0.39 is 122 Å². The third-order valence-corrected chi connectivity index (χ3v) is 17.7. The number of aliphatic hydroxyl groups is 11. The minimum Gasteiger partial charge on any atom is -0.394 e. The Morgan fingerprint density at radius 2 is 1.35 bits per heavy atom. The predicted molar refractivity (Wildman–Crippen MR) is 218 cm³/mol. The molecule has 4 aliphatic heterocycles. The van der Waals surface area contributed by atoms with E-state index in [1.54, 1.807) is 6.92 Å². The van der Waals surface area contributed by atoms with Crippen molar-refractivity contribution in [1.82, 2.24) is 0 Å². The van der Waals surface area contributed by atoms with Gasteiger partial charge in [-0.3, -0.25) is 0 Å². The standard InChI is InChI=1S/C45H74O18/c1-18(17-57-40-37(54)35(52)33(50)28(16-46)60-40)9-12-45(56)19(2)30-27(63-45)15-26-24-8-7-22-13-23(47)14-29(44(22,6)25(24)10-11-43(26,30)5)61-42-39(36(53)32(49)21(4)59-42)62-41-38(55)34(51)31(48)20(3)58-41/h19-42,46-56H,1,7-17H2,2-6H3/t19-,20-,21+,22?,23+,24+,25-,26-,27-,28+,29+,30-,31-,32-,33+,34+,35-,36-,37+,38+,39+,40+,41-,42-,43-,44-,45?/m0/s1. The van der Waals surface area contributed by atoms with Crippen LogP contribution in [0, 0.1) is 46.3 Å². The molecule has 18 heteroatoms. The number of aliphatic hydroxyl groups excluding tert-OH is 10. The zero-order chi connectivity index (χ0) is 45.7. The van der Waals surface area contributed by atoms with Crippen LogP contribution in [0.2, 0.25) is 0 Å². The van der Waals surface area contributed by atoms with Crippen molar-refractivity contribution in [2.75, 3.05) is 13.2 Å². The molecule has 0 bridgehead atoms. The van der Waals surface area contributed by atoms with Crippen molar-refractivity contribution < 1.29 is 89.3 Å². The van der Waals surface area contributed by atoms with Crippen LogP contribution in [0.25, 0.3) is 0 Å². The van der Waals surface area contributed by atoms with Crippen LogP contribution in [0.3, 0.4) is 0 Å². The molecule has 4 saturated carbocycles. The van der Waals surface area contributed by atoms with Crippen molar-refractivity contribution in [1.29, 1.82) is 0 Å². The molecule has 4 saturated heterocycles. The molecule has 2 unspecified atom stereocenters. The van der Waals surface area contributed by atoms with Gasteiger partial charge in [-0.25, -0.2) is 0 Å². The summed E-state index contributed by atoms with van der Waals surface area (Å²) >= 11 is 0. The van der Waals surface area contributed by atoms with Gasteiger partial charge in [-0.05, 0) is 99.2 Å². The third-order valence-electron chi connectivity index (χ3n) is 17.7.